The molecule has 0 amide bonds. The minimum atomic E-state index is -4.40. The van der Waals surface area contributed by atoms with Gasteiger partial charge in [0.15, 0.2) is 0 Å². The predicted molar refractivity (Wildman–Crippen MR) is 69.5 cm³/mol. The van der Waals surface area contributed by atoms with E-state index in [2.05, 4.69) is 11.9 Å². The molecule has 0 radical (unpaired) electrons. The Hall–Kier alpha value is -0.970. The van der Waals surface area contributed by atoms with Gasteiger partial charge in [0.05, 0.1) is 5.56 Å². The summed E-state index contributed by atoms with van der Waals surface area (Å²) in [5.41, 5.74) is -0.742. The number of piperidine rings is 1. The maximum atomic E-state index is 12.8. The van der Waals surface area contributed by atoms with E-state index in [4.69, 9.17) is 11.6 Å². The Morgan fingerprint density at radius 2 is 2.00 bits per heavy atom. The molecule has 2 unspecified atom stereocenters. The third-order valence-electron chi connectivity index (χ3n) is 3.54. The van der Waals surface area contributed by atoms with Crippen LogP contribution >= 0.6 is 11.6 Å². The summed E-state index contributed by atoms with van der Waals surface area (Å²) in [6.07, 6.45) is -2.48. The van der Waals surface area contributed by atoms with Crippen molar-refractivity contribution in [1.82, 2.24) is 4.98 Å². The van der Waals surface area contributed by atoms with Crippen LogP contribution in [0.1, 0.15) is 32.3 Å². The van der Waals surface area contributed by atoms with Crippen LogP contribution in [0, 0.1) is 5.92 Å². The van der Waals surface area contributed by atoms with E-state index in [-0.39, 0.29) is 11.2 Å². The topological polar surface area (TPSA) is 16.1 Å². The molecule has 0 aromatic carbocycles. The molecule has 2 atom stereocenters. The van der Waals surface area contributed by atoms with Crippen molar-refractivity contribution in [3.05, 3.63) is 22.8 Å². The minimum absolute atomic E-state index is 0.115. The molecule has 0 saturated carbocycles. The minimum Gasteiger partial charge on any atom is -0.354 e. The molecule has 2 heterocycles. The van der Waals surface area contributed by atoms with Crippen LogP contribution in [0.3, 0.4) is 0 Å². The third kappa shape index (κ3) is 3.32. The van der Waals surface area contributed by atoms with Crippen molar-refractivity contribution in [2.45, 2.75) is 38.9 Å². The average molecular weight is 293 g/mol. The highest BCUT2D eigenvalue weighted by atomic mass is 35.5. The first-order valence-corrected chi connectivity index (χ1v) is 6.66. The Bertz CT molecular complexity index is 462. The van der Waals surface area contributed by atoms with Crippen LogP contribution in [0.5, 0.6) is 0 Å². The number of rotatable bonds is 1. The summed E-state index contributed by atoms with van der Waals surface area (Å²) in [7, 11) is 0. The number of alkyl halides is 3. The molecular formula is C13H16ClF3N2. The van der Waals surface area contributed by atoms with Crippen LogP contribution in [0.2, 0.25) is 5.15 Å². The van der Waals surface area contributed by atoms with Crippen molar-refractivity contribution >= 4 is 17.4 Å². The van der Waals surface area contributed by atoms with Crippen LogP contribution in [0.25, 0.3) is 0 Å². The SMILES string of the molecule is CC1CCN(c2cc(C(F)(F)F)cc(Cl)n2)C(C)C1. The van der Waals surface area contributed by atoms with Crippen LogP contribution in [-0.2, 0) is 6.18 Å². The van der Waals surface area contributed by atoms with Gasteiger partial charge < -0.3 is 4.90 Å². The molecule has 106 valence electrons. The zero-order chi connectivity index (χ0) is 14.2. The molecule has 2 nitrogen and oxygen atoms in total. The van der Waals surface area contributed by atoms with Crippen molar-refractivity contribution < 1.29 is 13.2 Å². The van der Waals surface area contributed by atoms with E-state index in [1.807, 2.05) is 11.8 Å². The van der Waals surface area contributed by atoms with Crippen molar-refractivity contribution in [3.63, 3.8) is 0 Å². The molecule has 1 aliphatic heterocycles. The zero-order valence-corrected chi connectivity index (χ0v) is 11.6. The summed E-state index contributed by atoms with van der Waals surface area (Å²) in [5.74, 6) is 0.909. The first-order valence-electron chi connectivity index (χ1n) is 6.29. The number of aromatic nitrogens is 1. The van der Waals surface area contributed by atoms with Crippen molar-refractivity contribution in [3.8, 4) is 0 Å². The molecule has 0 spiro atoms. The van der Waals surface area contributed by atoms with E-state index in [1.54, 1.807) is 0 Å². The number of nitrogens with zero attached hydrogens (tertiary/aromatic N) is 2. The van der Waals surface area contributed by atoms with Crippen LogP contribution < -0.4 is 4.90 Å². The second kappa shape index (κ2) is 5.19. The van der Waals surface area contributed by atoms with Gasteiger partial charge in [-0.3, -0.25) is 0 Å². The molecule has 1 aromatic rings. The van der Waals surface area contributed by atoms with Gasteiger partial charge in [-0.2, -0.15) is 13.2 Å². The van der Waals surface area contributed by atoms with Crippen LogP contribution in [-0.4, -0.2) is 17.6 Å². The molecule has 1 aliphatic rings. The molecule has 19 heavy (non-hydrogen) atoms. The van der Waals surface area contributed by atoms with Gasteiger partial charge in [0.2, 0.25) is 0 Å². The van der Waals surface area contributed by atoms with Gasteiger partial charge in [-0.05, 0) is 37.8 Å². The third-order valence-corrected chi connectivity index (χ3v) is 3.73. The fourth-order valence-corrected chi connectivity index (χ4v) is 2.75. The highest BCUT2D eigenvalue weighted by Gasteiger charge is 2.33. The number of hydrogen-bond acceptors (Lipinski definition) is 2. The van der Waals surface area contributed by atoms with Gasteiger partial charge in [0, 0.05) is 12.6 Å². The van der Waals surface area contributed by atoms with E-state index < -0.39 is 11.7 Å². The molecule has 1 aromatic heterocycles. The number of halogens is 4. The Morgan fingerprint density at radius 1 is 1.32 bits per heavy atom. The summed E-state index contributed by atoms with van der Waals surface area (Å²) >= 11 is 5.71. The summed E-state index contributed by atoms with van der Waals surface area (Å²) in [4.78, 5) is 5.94. The maximum absolute atomic E-state index is 12.8. The Labute approximate surface area is 115 Å². The van der Waals surface area contributed by atoms with Gasteiger partial charge in [-0.25, -0.2) is 4.98 Å². The van der Waals surface area contributed by atoms with E-state index in [1.165, 1.54) is 0 Å². The molecule has 0 N–H and O–H groups in total. The van der Waals surface area contributed by atoms with Crippen molar-refractivity contribution in [2.24, 2.45) is 5.92 Å². The second-order valence-corrected chi connectivity index (χ2v) is 5.59. The van der Waals surface area contributed by atoms with Gasteiger partial charge in [0.1, 0.15) is 11.0 Å². The highest BCUT2D eigenvalue weighted by molar-refractivity contribution is 6.29. The first kappa shape index (κ1) is 14.4. The van der Waals surface area contributed by atoms with Crippen LogP contribution in [0.4, 0.5) is 19.0 Å². The van der Waals surface area contributed by atoms with Gasteiger partial charge >= 0.3 is 6.18 Å². The molecular weight excluding hydrogens is 277 g/mol. The van der Waals surface area contributed by atoms with E-state index in [0.717, 1.165) is 25.0 Å². The Balaban J connectivity index is 2.32. The van der Waals surface area contributed by atoms with Gasteiger partial charge in [-0.1, -0.05) is 18.5 Å². The normalized spacial score (nSPS) is 24.6. The predicted octanol–water partition coefficient (Wildman–Crippen LogP) is 4.38. The molecule has 0 bridgehead atoms. The van der Waals surface area contributed by atoms with E-state index in [0.29, 0.717) is 18.3 Å². The summed E-state index contributed by atoms with van der Waals surface area (Å²) in [5, 5.41) is -0.115. The summed E-state index contributed by atoms with van der Waals surface area (Å²) in [6.45, 7) is 4.87. The van der Waals surface area contributed by atoms with Gasteiger partial charge in [0.25, 0.3) is 0 Å². The maximum Gasteiger partial charge on any atom is 0.416 e. The monoisotopic (exact) mass is 292 g/mol. The second-order valence-electron chi connectivity index (χ2n) is 5.21. The fourth-order valence-electron chi connectivity index (χ4n) is 2.54. The summed E-state index contributed by atoms with van der Waals surface area (Å²) in [6, 6.07) is 2.12. The Kier molecular flexibility index (Phi) is 3.95. The molecule has 0 aliphatic carbocycles. The lowest BCUT2D eigenvalue weighted by atomic mass is 9.93. The Morgan fingerprint density at radius 3 is 2.58 bits per heavy atom. The lowest BCUT2D eigenvalue weighted by Gasteiger charge is -2.37. The molecule has 2 rings (SSSR count). The number of anilines is 1. The van der Waals surface area contributed by atoms with Crippen molar-refractivity contribution in [2.75, 3.05) is 11.4 Å². The van der Waals surface area contributed by atoms with E-state index >= 15 is 0 Å². The molecule has 1 saturated heterocycles. The van der Waals surface area contributed by atoms with E-state index in [9.17, 15) is 13.2 Å². The fraction of sp³-hybridized carbons (Fsp3) is 0.615. The molecule has 1 fully saturated rings. The zero-order valence-electron chi connectivity index (χ0n) is 10.8. The number of pyridine rings is 1. The van der Waals surface area contributed by atoms with Gasteiger partial charge in [-0.15, -0.1) is 0 Å². The van der Waals surface area contributed by atoms with Crippen LogP contribution in [0.15, 0.2) is 12.1 Å². The first-order chi connectivity index (χ1) is 8.77. The molecule has 6 heteroatoms. The largest absolute Gasteiger partial charge is 0.416 e. The lowest BCUT2D eigenvalue weighted by molar-refractivity contribution is -0.137. The highest BCUT2D eigenvalue weighted by Crippen LogP contribution is 2.34. The summed E-state index contributed by atoms with van der Waals surface area (Å²) < 4.78 is 38.3. The quantitative estimate of drug-likeness (QED) is 0.714. The number of hydrogen-bond donors (Lipinski definition) is 0. The standard InChI is InChI=1S/C13H16ClF3N2/c1-8-3-4-19(9(2)5-8)12-7-10(13(15,16)17)6-11(14)18-12/h6-9H,3-5H2,1-2H3. The lowest BCUT2D eigenvalue weighted by Crippen LogP contribution is -2.40. The van der Waals surface area contributed by atoms with Crippen molar-refractivity contribution in [1.29, 1.82) is 0 Å². The smallest absolute Gasteiger partial charge is 0.354 e. The average Bonchev–Trinajstić information content (AvgIpc) is 2.26.